The number of aliphatic hydroxyl groups is 1. The molecule has 0 bridgehead atoms. The molecule has 1 fully saturated rings. The van der Waals surface area contributed by atoms with Crippen molar-refractivity contribution in [1.82, 2.24) is 18.7 Å². The van der Waals surface area contributed by atoms with Crippen LogP contribution in [-0.4, -0.2) is 41.6 Å². The molecule has 9 nitrogen and oxygen atoms in total. The number of nitrogens with zero attached hydrogens (tertiary/aromatic N) is 4. The molecule has 0 saturated heterocycles. The summed E-state index contributed by atoms with van der Waals surface area (Å²) in [4.78, 5) is 30.9. The molecule has 1 aliphatic carbocycles. The molecule has 2 N–H and O–H groups in total. The van der Waals surface area contributed by atoms with E-state index >= 15 is 0 Å². The molecule has 166 valence electrons. The van der Waals surface area contributed by atoms with E-state index in [4.69, 9.17) is 4.74 Å². The lowest BCUT2D eigenvalue weighted by atomic mass is 10.2. The zero-order valence-electron chi connectivity index (χ0n) is 17.7. The van der Waals surface area contributed by atoms with Gasteiger partial charge in [-0.1, -0.05) is 12.1 Å². The first-order valence-electron chi connectivity index (χ1n) is 10.8. The van der Waals surface area contributed by atoms with Gasteiger partial charge in [-0.05, 0) is 56.7 Å². The van der Waals surface area contributed by atoms with Gasteiger partial charge in [0.1, 0.15) is 11.9 Å². The lowest BCUT2D eigenvalue weighted by molar-refractivity contribution is 0.186. The first-order valence-corrected chi connectivity index (χ1v) is 10.8. The largest absolute Gasteiger partial charge is 0.508 e. The van der Waals surface area contributed by atoms with Crippen molar-refractivity contribution in [3.8, 4) is 11.8 Å². The molecule has 1 aromatic carbocycles. The average Bonchev–Trinajstić information content (AvgIpc) is 3.39. The molecule has 0 aliphatic heterocycles. The van der Waals surface area contributed by atoms with Crippen LogP contribution in [0.1, 0.15) is 44.6 Å². The van der Waals surface area contributed by atoms with E-state index in [2.05, 4.69) is 4.98 Å². The van der Waals surface area contributed by atoms with Crippen molar-refractivity contribution in [3.63, 3.8) is 0 Å². The molecule has 0 radical (unpaired) electrons. The molecule has 0 spiro atoms. The lowest BCUT2D eigenvalue weighted by Gasteiger charge is -2.15. The van der Waals surface area contributed by atoms with Crippen LogP contribution in [0.5, 0.6) is 11.8 Å². The standard InChI is InChI=1S/C22H28N4O5/c1-2-24-19-18(20(29)25(22(24)30)12-5-13-27)26(14-15-8-10-16(28)11-9-15)21(23-19)31-17-6-3-4-7-17/h8-11,17,27-28H,2-7,12-14H2,1H3. The Morgan fingerprint density at radius 2 is 1.81 bits per heavy atom. The number of hydrogen-bond donors (Lipinski definition) is 2. The third-order valence-electron chi connectivity index (χ3n) is 5.79. The van der Waals surface area contributed by atoms with E-state index in [1.54, 1.807) is 28.8 Å². The summed E-state index contributed by atoms with van der Waals surface area (Å²) >= 11 is 0. The Labute approximate surface area is 179 Å². The minimum Gasteiger partial charge on any atom is -0.508 e. The fourth-order valence-electron chi connectivity index (χ4n) is 4.16. The highest BCUT2D eigenvalue weighted by Gasteiger charge is 2.25. The van der Waals surface area contributed by atoms with E-state index in [-0.39, 0.29) is 25.0 Å². The maximum Gasteiger partial charge on any atom is 0.332 e. The first-order chi connectivity index (χ1) is 15.0. The van der Waals surface area contributed by atoms with E-state index in [1.807, 2.05) is 6.92 Å². The topological polar surface area (TPSA) is 112 Å². The second-order valence-corrected chi connectivity index (χ2v) is 7.90. The van der Waals surface area contributed by atoms with Crippen molar-refractivity contribution in [3.05, 3.63) is 50.7 Å². The number of aryl methyl sites for hydroxylation is 1. The molecule has 1 aliphatic rings. The monoisotopic (exact) mass is 428 g/mol. The second-order valence-electron chi connectivity index (χ2n) is 7.90. The fraction of sp³-hybridized carbons (Fsp3) is 0.500. The van der Waals surface area contributed by atoms with E-state index in [1.165, 1.54) is 4.57 Å². The number of phenolic OH excluding ortho intramolecular Hbond substituents is 1. The number of aromatic nitrogens is 4. The fourth-order valence-corrected chi connectivity index (χ4v) is 4.16. The van der Waals surface area contributed by atoms with Gasteiger partial charge in [-0.15, -0.1) is 0 Å². The molecule has 4 rings (SSSR count). The maximum atomic E-state index is 13.4. The van der Waals surface area contributed by atoms with Crippen LogP contribution in [0.2, 0.25) is 0 Å². The van der Waals surface area contributed by atoms with Gasteiger partial charge in [-0.25, -0.2) is 4.79 Å². The summed E-state index contributed by atoms with van der Waals surface area (Å²) in [5.74, 6) is 0.160. The van der Waals surface area contributed by atoms with Gasteiger partial charge in [-0.2, -0.15) is 4.98 Å². The van der Waals surface area contributed by atoms with Crippen molar-refractivity contribution in [1.29, 1.82) is 0 Å². The second kappa shape index (κ2) is 8.97. The van der Waals surface area contributed by atoms with E-state index < -0.39 is 11.2 Å². The summed E-state index contributed by atoms with van der Waals surface area (Å²) in [7, 11) is 0. The Hall–Kier alpha value is -3.07. The number of aliphatic hydroxyl groups excluding tert-OH is 1. The quantitative estimate of drug-likeness (QED) is 0.566. The molecule has 1 saturated carbocycles. The van der Waals surface area contributed by atoms with E-state index in [0.717, 1.165) is 35.8 Å². The van der Waals surface area contributed by atoms with Crippen LogP contribution in [-0.2, 0) is 19.6 Å². The number of rotatable bonds is 8. The summed E-state index contributed by atoms with van der Waals surface area (Å²) in [5.41, 5.74) is 0.606. The summed E-state index contributed by atoms with van der Waals surface area (Å²) < 4.78 is 10.6. The smallest absolute Gasteiger partial charge is 0.332 e. The number of benzene rings is 1. The SMILES string of the molecule is CCn1c(=O)n(CCCO)c(=O)c2c1nc(OC1CCCC1)n2Cc1ccc(O)cc1. The third-order valence-corrected chi connectivity index (χ3v) is 5.79. The highest BCUT2D eigenvalue weighted by molar-refractivity contribution is 5.72. The number of imidazole rings is 1. The zero-order chi connectivity index (χ0) is 22.0. The van der Waals surface area contributed by atoms with Crippen molar-refractivity contribution in [2.45, 2.75) is 64.8 Å². The predicted octanol–water partition coefficient (Wildman–Crippen LogP) is 1.84. The van der Waals surface area contributed by atoms with Gasteiger partial charge in [0.25, 0.3) is 11.6 Å². The summed E-state index contributed by atoms with van der Waals surface area (Å²) in [5, 5.41) is 18.8. The molecule has 9 heteroatoms. The number of fused-ring (bicyclic) bond motifs is 1. The normalized spacial score (nSPS) is 14.5. The van der Waals surface area contributed by atoms with Crippen LogP contribution in [0.15, 0.2) is 33.9 Å². The maximum absolute atomic E-state index is 13.4. The van der Waals surface area contributed by atoms with Crippen molar-refractivity contribution < 1.29 is 14.9 Å². The van der Waals surface area contributed by atoms with Crippen molar-refractivity contribution in [2.75, 3.05) is 6.61 Å². The van der Waals surface area contributed by atoms with Gasteiger partial charge < -0.3 is 14.9 Å². The molecular formula is C22H28N4O5. The van der Waals surface area contributed by atoms with Crippen LogP contribution in [0.3, 0.4) is 0 Å². The van der Waals surface area contributed by atoms with Crippen LogP contribution < -0.4 is 16.0 Å². The van der Waals surface area contributed by atoms with Gasteiger partial charge >= 0.3 is 5.69 Å². The molecule has 2 aromatic heterocycles. The molecule has 3 aromatic rings. The Morgan fingerprint density at radius 1 is 1.10 bits per heavy atom. The molecule has 0 amide bonds. The minimum atomic E-state index is -0.439. The molecule has 0 unspecified atom stereocenters. The van der Waals surface area contributed by atoms with Crippen molar-refractivity contribution in [2.24, 2.45) is 0 Å². The average molecular weight is 428 g/mol. The number of phenols is 1. The lowest BCUT2D eigenvalue weighted by Crippen LogP contribution is -2.40. The van der Waals surface area contributed by atoms with Gasteiger partial charge in [-0.3, -0.25) is 18.5 Å². The molecule has 2 heterocycles. The third kappa shape index (κ3) is 4.10. The Bertz CT molecular complexity index is 1170. The molecule has 31 heavy (non-hydrogen) atoms. The summed E-state index contributed by atoms with van der Waals surface area (Å²) in [6.07, 6.45) is 4.40. The van der Waals surface area contributed by atoms with Gasteiger partial charge in [0.2, 0.25) is 0 Å². The minimum absolute atomic E-state index is 0.0359. The Kier molecular flexibility index (Phi) is 6.13. The number of hydrogen-bond acceptors (Lipinski definition) is 6. The molecular weight excluding hydrogens is 400 g/mol. The van der Waals surface area contributed by atoms with Crippen LogP contribution >= 0.6 is 0 Å². The highest BCUT2D eigenvalue weighted by atomic mass is 16.5. The zero-order valence-corrected chi connectivity index (χ0v) is 17.7. The summed E-state index contributed by atoms with van der Waals surface area (Å²) in [6, 6.07) is 7.07. The number of aromatic hydroxyl groups is 1. The van der Waals surface area contributed by atoms with Crippen molar-refractivity contribution >= 4 is 11.2 Å². The van der Waals surface area contributed by atoms with Gasteiger partial charge in [0, 0.05) is 19.7 Å². The summed E-state index contributed by atoms with van der Waals surface area (Å²) in [6.45, 7) is 2.52. The predicted molar refractivity (Wildman–Crippen MR) is 116 cm³/mol. The van der Waals surface area contributed by atoms with E-state index in [0.29, 0.717) is 36.7 Å². The van der Waals surface area contributed by atoms with Crippen LogP contribution in [0.4, 0.5) is 0 Å². The Balaban J connectivity index is 1.91. The van der Waals surface area contributed by atoms with Crippen LogP contribution in [0, 0.1) is 0 Å². The van der Waals surface area contributed by atoms with E-state index in [9.17, 15) is 19.8 Å². The Morgan fingerprint density at radius 3 is 2.45 bits per heavy atom. The van der Waals surface area contributed by atoms with Crippen LogP contribution in [0.25, 0.3) is 11.2 Å². The van der Waals surface area contributed by atoms with Gasteiger partial charge in [0.15, 0.2) is 11.2 Å². The highest BCUT2D eigenvalue weighted by Crippen LogP contribution is 2.27. The number of ether oxygens (including phenoxy) is 1. The first kappa shape index (κ1) is 21.2. The molecule has 0 atom stereocenters. The van der Waals surface area contributed by atoms with Gasteiger partial charge in [0.05, 0.1) is 6.54 Å².